The largest absolute Gasteiger partial charge is 0.332 e. The minimum absolute atomic E-state index is 0.0168. The highest BCUT2D eigenvalue weighted by molar-refractivity contribution is 7.80. The number of halogens is 2. The van der Waals surface area contributed by atoms with Gasteiger partial charge in [-0.25, -0.2) is 0 Å². The van der Waals surface area contributed by atoms with Crippen molar-refractivity contribution in [3.63, 3.8) is 0 Å². The lowest BCUT2D eigenvalue weighted by Crippen LogP contribution is -2.37. The second-order valence-electron chi connectivity index (χ2n) is 8.04. The molecule has 0 aromatic heterocycles. The van der Waals surface area contributed by atoms with Gasteiger partial charge in [-0.1, -0.05) is 65.7 Å². The van der Waals surface area contributed by atoms with E-state index in [2.05, 4.69) is 5.32 Å². The predicted octanol–water partition coefficient (Wildman–Crippen LogP) is 5.56. The Bertz CT molecular complexity index is 1170. The molecule has 174 valence electrons. The first-order chi connectivity index (χ1) is 16.4. The van der Waals surface area contributed by atoms with Gasteiger partial charge in [0.2, 0.25) is 5.91 Å². The maximum Gasteiger partial charge on any atom is 0.252 e. The molecule has 0 radical (unpaired) electrons. The van der Waals surface area contributed by atoms with Crippen molar-refractivity contribution in [1.29, 1.82) is 0 Å². The number of benzene rings is 3. The van der Waals surface area contributed by atoms with Gasteiger partial charge in [-0.2, -0.15) is 0 Å². The topological polar surface area (TPSA) is 52.7 Å². The predicted molar refractivity (Wildman–Crippen MR) is 140 cm³/mol. The van der Waals surface area contributed by atoms with Crippen molar-refractivity contribution >= 4 is 58.0 Å². The summed E-state index contributed by atoms with van der Waals surface area (Å²) >= 11 is 17.7. The molecular weight excluding hydrogens is 489 g/mol. The van der Waals surface area contributed by atoms with Crippen LogP contribution in [-0.2, 0) is 22.6 Å². The van der Waals surface area contributed by atoms with Crippen LogP contribution in [-0.4, -0.2) is 39.3 Å². The average Bonchev–Trinajstić information content (AvgIpc) is 3.05. The van der Waals surface area contributed by atoms with Gasteiger partial charge >= 0.3 is 0 Å². The Morgan fingerprint density at radius 1 is 0.882 bits per heavy atom. The summed E-state index contributed by atoms with van der Waals surface area (Å²) < 4.78 is 0. The third kappa shape index (κ3) is 5.95. The molecule has 1 aliphatic heterocycles. The van der Waals surface area contributed by atoms with Gasteiger partial charge in [0.05, 0.1) is 6.42 Å². The van der Waals surface area contributed by atoms with Crippen molar-refractivity contribution < 1.29 is 9.59 Å². The van der Waals surface area contributed by atoms with Crippen molar-refractivity contribution in [2.24, 2.45) is 0 Å². The van der Waals surface area contributed by atoms with Gasteiger partial charge in [-0.15, -0.1) is 0 Å². The van der Waals surface area contributed by atoms with E-state index in [4.69, 9.17) is 35.4 Å². The third-order valence-corrected chi connectivity index (χ3v) is 6.60. The van der Waals surface area contributed by atoms with E-state index < -0.39 is 6.04 Å². The van der Waals surface area contributed by atoms with Crippen LogP contribution < -0.4 is 5.32 Å². The van der Waals surface area contributed by atoms with E-state index in [1.54, 1.807) is 41.3 Å². The zero-order valence-corrected chi connectivity index (χ0v) is 20.6. The number of carbonyl (C=O) groups excluding carboxylic acids is 2. The molecule has 4 rings (SSSR count). The molecule has 0 aliphatic carbocycles. The van der Waals surface area contributed by atoms with Gasteiger partial charge in [-0.3, -0.25) is 14.5 Å². The lowest BCUT2D eigenvalue weighted by atomic mass is 10.1. The van der Waals surface area contributed by atoms with E-state index in [9.17, 15) is 9.59 Å². The van der Waals surface area contributed by atoms with Gasteiger partial charge in [0.1, 0.15) is 6.04 Å². The Balaban J connectivity index is 1.51. The maximum atomic E-state index is 13.4. The third-order valence-electron chi connectivity index (χ3n) is 5.64. The van der Waals surface area contributed by atoms with Crippen LogP contribution in [0.4, 0.5) is 5.69 Å². The van der Waals surface area contributed by atoms with Gasteiger partial charge in [0.15, 0.2) is 5.11 Å². The molecule has 1 saturated heterocycles. The molecule has 1 unspecified atom stereocenters. The summed E-state index contributed by atoms with van der Waals surface area (Å²) in [6.45, 7) is 0.858. The summed E-state index contributed by atoms with van der Waals surface area (Å²) in [4.78, 5) is 29.7. The lowest BCUT2D eigenvalue weighted by Gasteiger charge is -2.24. The quantitative estimate of drug-likeness (QED) is 0.402. The number of thiocarbonyl (C=S) groups is 1. The number of rotatable bonds is 8. The highest BCUT2D eigenvalue weighted by atomic mass is 35.5. The lowest BCUT2D eigenvalue weighted by molar-refractivity contribution is -0.130. The molecule has 0 bridgehead atoms. The number of hydrogen-bond acceptors (Lipinski definition) is 3. The Kier molecular flexibility index (Phi) is 7.83. The standard InChI is InChI=1S/C26H23Cl2N3O2S/c27-20-8-6-19(7-9-20)17-31-23(16-24(32)29-22-12-10-21(28)11-13-22)25(33)30(26(31)34)15-14-18-4-2-1-3-5-18/h1-13,23H,14-17H2,(H,29,32). The summed E-state index contributed by atoms with van der Waals surface area (Å²) in [5, 5.41) is 4.48. The molecule has 8 heteroatoms. The number of carbonyl (C=O) groups is 2. The molecule has 1 aliphatic rings. The number of nitrogens with one attached hydrogen (secondary N) is 1. The van der Waals surface area contributed by atoms with Crippen molar-refractivity contribution in [2.45, 2.75) is 25.4 Å². The first kappa shape index (κ1) is 24.2. The number of hydrogen-bond donors (Lipinski definition) is 1. The van der Waals surface area contributed by atoms with Crippen molar-refractivity contribution in [1.82, 2.24) is 9.80 Å². The first-order valence-corrected chi connectivity index (χ1v) is 12.0. The molecule has 1 fully saturated rings. The molecule has 34 heavy (non-hydrogen) atoms. The molecule has 3 aromatic carbocycles. The summed E-state index contributed by atoms with van der Waals surface area (Å²) in [7, 11) is 0. The molecule has 1 N–H and O–H groups in total. The van der Waals surface area contributed by atoms with Crippen LogP contribution in [0.5, 0.6) is 0 Å². The molecule has 5 nitrogen and oxygen atoms in total. The summed E-state index contributed by atoms with van der Waals surface area (Å²) in [5.41, 5.74) is 2.69. The Labute approximate surface area is 214 Å². The van der Waals surface area contributed by atoms with Gasteiger partial charge in [-0.05, 0) is 66.2 Å². The summed E-state index contributed by atoms with van der Waals surface area (Å²) in [6, 6.07) is 23.5. The smallest absolute Gasteiger partial charge is 0.252 e. The SMILES string of the molecule is O=C(CC1C(=O)N(CCc2ccccc2)C(=S)N1Cc1ccc(Cl)cc1)Nc1ccc(Cl)cc1. The average molecular weight is 512 g/mol. The summed E-state index contributed by atoms with van der Waals surface area (Å²) in [6.07, 6.45) is 0.655. The van der Waals surface area contributed by atoms with Gasteiger partial charge in [0.25, 0.3) is 5.91 Å². The van der Waals surface area contributed by atoms with E-state index in [0.717, 1.165) is 11.1 Å². The molecule has 3 aromatic rings. The molecular formula is C26H23Cl2N3O2S. The van der Waals surface area contributed by atoms with Gasteiger partial charge < -0.3 is 10.2 Å². The summed E-state index contributed by atoms with van der Waals surface area (Å²) in [5.74, 6) is -0.435. The highest BCUT2D eigenvalue weighted by Gasteiger charge is 2.43. The van der Waals surface area contributed by atoms with Crippen LogP contribution in [0.25, 0.3) is 0 Å². The molecule has 0 saturated carbocycles. The Morgan fingerprint density at radius 3 is 2.15 bits per heavy atom. The van der Waals surface area contributed by atoms with Crippen LogP contribution in [0.15, 0.2) is 78.9 Å². The van der Waals surface area contributed by atoms with E-state index >= 15 is 0 Å². The molecule has 1 atom stereocenters. The molecule has 0 spiro atoms. The van der Waals surface area contributed by atoms with Crippen LogP contribution in [0.1, 0.15) is 17.5 Å². The zero-order valence-electron chi connectivity index (χ0n) is 18.3. The van der Waals surface area contributed by atoms with Crippen LogP contribution in [0.3, 0.4) is 0 Å². The van der Waals surface area contributed by atoms with E-state index in [0.29, 0.717) is 40.4 Å². The second-order valence-corrected chi connectivity index (χ2v) is 9.28. The molecule has 2 amide bonds. The number of nitrogens with zero attached hydrogens (tertiary/aromatic N) is 2. The fraction of sp³-hybridized carbons (Fsp3) is 0.192. The zero-order chi connectivity index (χ0) is 24.1. The fourth-order valence-electron chi connectivity index (χ4n) is 3.87. The second kappa shape index (κ2) is 11.0. The molecule has 1 heterocycles. The van der Waals surface area contributed by atoms with E-state index in [1.807, 2.05) is 47.4 Å². The Morgan fingerprint density at radius 2 is 1.50 bits per heavy atom. The van der Waals surface area contributed by atoms with Crippen molar-refractivity contribution in [3.05, 3.63) is 100 Å². The monoisotopic (exact) mass is 511 g/mol. The van der Waals surface area contributed by atoms with E-state index in [1.165, 1.54) is 0 Å². The van der Waals surface area contributed by atoms with Gasteiger partial charge in [0, 0.05) is 28.8 Å². The Hall–Kier alpha value is -2.93. The number of anilines is 1. The minimum atomic E-state index is -0.689. The normalized spacial score (nSPS) is 15.6. The number of amides is 2. The fourth-order valence-corrected chi connectivity index (χ4v) is 4.49. The van der Waals surface area contributed by atoms with Crippen LogP contribution in [0, 0.1) is 0 Å². The highest BCUT2D eigenvalue weighted by Crippen LogP contribution is 2.25. The van der Waals surface area contributed by atoms with E-state index in [-0.39, 0.29) is 18.2 Å². The minimum Gasteiger partial charge on any atom is -0.332 e. The maximum absolute atomic E-state index is 13.4. The van der Waals surface area contributed by atoms with Crippen LogP contribution in [0.2, 0.25) is 10.0 Å². The van der Waals surface area contributed by atoms with Crippen molar-refractivity contribution in [3.8, 4) is 0 Å². The van der Waals surface area contributed by atoms with Crippen molar-refractivity contribution in [2.75, 3.05) is 11.9 Å². The first-order valence-electron chi connectivity index (χ1n) is 10.9. The van der Waals surface area contributed by atoms with Crippen LogP contribution >= 0.6 is 35.4 Å².